The maximum Gasteiger partial charge on any atom is 0.322 e. The van der Waals surface area contributed by atoms with Crippen LogP contribution < -0.4 is 14.8 Å². The van der Waals surface area contributed by atoms with Crippen LogP contribution in [-0.2, 0) is 6.42 Å². The van der Waals surface area contributed by atoms with Crippen LogP contribution in [0.15, 0.2) is 66.7 Å². The average Bonchev–Trinajstić information content (AvgIpc) is 2.79. The van der Waals surface area contributed by atoms with Crippen LogP contribution in [0.5, 0.6) is 11.5 Å². The molecule has 1 heterocycles. The van der Waals surface area contributed by atoms with E-state index in [1.165, 1.54) is 5.56 Å². The molecule has 0 fully saturated rings. The van der Waals surface area contributed by atoms with Gasteiger partial charge in [0.25, 0.3) is 0 Å². The molecule has 0 aliphatic carbocycles. The lowest BCUT2D eigenvalue weighted by Gasteiger charge is -2.38. The Morgan fingerprint density at radius 1 is 0.967 bits per heavy atom. The fourth-order valence-corrected chi connectivity index (χ4v) is 3.99. The Morgan fingerprint density at radius 3 is 2.30 bits per heavy atom. The summed E-state index contributed by atoms with van der Waals surface area (Å²) in [5.41, 5.74) is 5.23. The number of carbonyl (C=O) groups excluding carboxylic acids is 1. The van der Waals surface area contributed by atoms with Crippen molar-refractivity contribution < 1.29 is 14.3 Å². The molecule has 1 atom stereocenters. The van der Waals surface area contributed by atoms with Crippen LogP contribution in [0.4, 0.5) is 10.5 Å². The van der Waals surface area contributed by atoms with E-state index in [1.807, 2.05) is 66.4 Å². The summed E-state index contributed by atoms with van der Waals surface area (Å²) in [5.74, 6) is 1.37. The number of nitrogens with one attached hydrogen (secondary N) is 1. The molecule has 30 heavy (non-hydrogen) atoms. The number of hydrogen-bond donors (Lipinski definition) is 1. The first-order chi connectivity index (χ1) is 14.6. The third-order valence-electron chi connectivity index (χ3n) is 5.55. The number of amides is 2. The highest BCUT2D eigenvalue weighted by Crippen LogP contribution is 2.41. The number of urea groups is 1. The van der Waals surface area contributed by atoms with E-state index in [4.69, 9.17) is 9.47 Å². The molecule has 0 saturated carbocycles. The van der Waals surface area contributed by atoms with Gasteiger partial charge in [0.2, 0.25) is 0 Å². The molecule has 0 spiro atoms. The minimum Gasteiger partial charge on any atom is -0.493 e. The van der Waals surface area contributed by atoms with Crippen LogP contribution in [0.2, 0.25) is 0 Å². The summed E-state index contributed by atoms with van der Waals surface area (Å²) in [7, 11) is 3.27. The number of anilines is 1. The number of methoxy groups -OCH3 is 2. The van der Waals surface area contributed by atoms with E-state index in [2.05, 4.69) is 17.4 Å². The second-order valence-corrected chi connectivity index (χ2v) is 7.46. The molecule has 0 saturated heterocycles. The van der Waals surface area contributed by atoms with E-state index < -0.39 is 0 Å². The van der Waals surface area contributed by atoms with E-state index in [0.717, 1.165) is 28.8 Å². The van der Waals surface area contributed by atoms with Crippen LogP contribution in [0.25, 0.3) is 0 Å². The maximum atomic E-state index is 13.3. The number of rotatable bonds is 4. The SMILES string of the molecule is COc1cc2c(cc1OC)[C@H](c1ccccc1)N(C(=O)Nc1ccc(C)cc1)CC2. The molecule has 1 aliphatic rings. The van der Waals surface area contributed by atoms with Gasteiger partial charge in [-0.2, -0.15) is 0 Å². The van der Waals surface area contributed by atoms with Gasteiger partial charge in [-0.15, -0.1) is 0 Å². The highest BCUT2D eigenvalue weighted by atomic mass is 16.5. The predicted octanol–water partition coefficient (Wildman–Crippen LogP) is 5.19. The van der Waals surface area contributed by atoms with Gasteiger partial charge in [0.05, 0.1) is 20.3 Å². The molecule has 154 valence electrons. The van der Waals surface area contributed by atoms with Gasteiger partial charge >= 0.3 is 6.03 Å². The fourth-order valence-electron chi connectivity index (χ4n) is 3.99. The zero-order valence-electron chi connectivity index (χ0n) is 17.5. The van der Waals surface area contributed by atoms with Gasteiger partial charge < -0.3 is 19.7 Å². The summed E-state index contributed by atoms with van der Waals surface area (Å²) in [5, 5.41) is 3.05. The third kappa shape index (κ3) is 3.83. The molecule has 0 radical (unpaired) electrons. The van der Waals surface area contributed by atoms with Gasteiger partial charge in [0, 0.05) is 12.2 Å². The van der Waals surface area contributed by atoms with Crippen molar-refractivity contribution in [3.8, 4) is 11.5 Å². The number of ether oxygens (including phenoxy) is 2. The summed E-state index contributed by atoms with van der Waals surface area (Å²) in [6.07, 6.45) is 0.750. The van der Waals surface area contributed by atoms with Crippen LogP contribution >= 0.6 is 0 Å². The molecule has 1 N–H and O–H groups in total. The number of carbonyl (C=O) groups is 1. The quantitative estimate of drug-likeness (QED) is 0.653. The summed E-state index contributed by atoms with van der Waals surface area (Å²) < 4.78 is 11.0. The van der Waals surface area contributed by atoms with Crippen LogP contribution in [0.3, 0.4) is 0 Å². The fraction of sp³-hybridized carbons (Fsp3) is 0.240. The van der Waals surface area contributed by atoms with Gasteiger partial charge in [-0.25, -0.2) is 4.79 Å². The maximum absolute atomic E-state index is 13.3. The largest absolute Gasteiger partial charge is 0.493 e. The Bertz CT molecular complexity index is 1030. The van der Waals surface area contributed by atoms with Gasteiger partial charge in [0.15, 0.2) is 11.5 Å². The van der Waals surface area contributed by atoms with Crippen LogP contribution in [0, 0.1) is 6.92 Å². The van der Waals surface area contributed by atoms with Gasteiger partial charge in [0.1, 0.15) is 0 Å². The van der Waals surface area contributed by atoms with Crippen LogP contribution in [0.1, 0.15) is 28.3 Å². The van der Waals surface area contributed by atoms with Crippen molar-refractivity contribution >= 4 is 11.7 Å². The first-order valence-electron chi connectivity index (χ1n) is 10.0. The Kier molecular flexibility index (Phi) is 5.61. The smallest absolute Gasteiger partial charge is 0.322 e. The lowest BCUT2D eigenvalue weighted by molar-refractivity contribution is 0.193. The molecule has 4 rings (SSSR count). The lowest BCUT2D eigenvalue weighted by Crippen LogP contribution is -2.43. The number of fused-ring (bicyclic) bond motifs is 1. The van der Waals surface area contributed by atoms with Gasteiger partial charge in [-0.1, -0.05) is 48.0 Å². The second-order valence-electron chi connectivity index (χ2n) is 7.46. The molecule has 0 aromatic heterocycles. The van der Waals surface area contributed by atoms with Crippen LogP contribution in [-0.4, -0.2) is 31.7 Å². The lowest BCUT2D eigenvalue weighted by atomic mass is 9.88. The Balaban J connectivity index is 1.74. The van der Waals surface area contributed by atoms with Gasteiger partial charge in [-0.05, 0) is 54.3 Å². The molecular weight excluding hydrogens is 376 g/mol. The molecule has 5 nitrogen and oxygen atoms in total. The summed E-state index contributed by atoms with van der Waals surface area (Å²) >= 11 is 0. The first-order valence-corrected chi connectivity index (χ1v) is 10.0. The normalized spacial score (nSPS) is 15.3. The number of aryl methyl sites for hydroxylation is 1. The molecule has 5 heteroatoms. The van der Waals surface area contributed by atoms with Crippen molar-refractivity contribution in [2.75, 3.05) is 26.1 Å². The molecule has 3 aromatic carbocycles. The predicted molar refractivity (Wildman–Crippen MR) is 118 cm³/mol. The minimum absolute atomic E-state index is 0.117. The Hall–Kier alpha value is -3.47. The number of hydrogen-bond acceptors (Lipinski definition) is 3. The van der Waals surface area contributed by atoms with Crippen molar-refractivity contribution in [3.05, 3.63) is 89.0 Å². The molecule has 3 aromatic rings. The number of nitrogens with zero attached hydrogens (tertiary/aromatic N) is 1. The van der Waals surface area contributed by atoms with Crippen molar-refractivity contribution in [2.24, 2.45) is 0 Å². The van der Waals surface area contributed by atoms with Crippen molar-refractivity contribution in [2.45, 2.75) is 19.4 Å². The van der Waals surface area contributed by atoms with Crippen molar-refractivity contribution in [1.82, 2.24) is 4.90 Å². The van der Waals surface area contributed by atoms with Crippen molar-refractivity contribution in [1.29, 1.82) is 0 Å². The second kappa shape index (κ2) is 8.49. The Morgan fingerprint density at radius 2 is 1.63 bits per heavy atom. The molecular formula is C25H26N2O3. The molecule has 2 amide bonds. The first kappa shape index (κ1) is 19.8. The van der Waals surface area contributed by atoms with E-state index >= 15 is 0 Å². The zero-order valence-corrected chi connectivity index (χ0v) is 17.5. The highest BCUT2D eigenvalue weighted by molar-refractivity contribution is 5.90. The van der Waals surface area contributed by atoms with Crippen molar-refractivity contribution in [3.63, 3.8) is 0 Å². The molecule has 1 aliphatic heterocycles. The summed E-state index contributed by atoms with van der Waals surface area (Å²) in [6, 6.07) is 21.6. The Labute approximate surface area is 177 Å². The van der Waals surface area contributed by atoms with E-state index in [9.17, 15) is 4.79 Å². The topological polar surface area (TPSA) is 50.8 Å². The average molecular weight is 402 g/mol. The molecule has 0 bridgehead atoms. The summed E-state index contributed by atoms with van der Waals surface area (Å²) in [4.78, 5) is 15.2. The minimum atomic E-state index is -0.208. The monoisotopic (exact) mass is 402 g/mol. The highest BCUT2D eigenvalue weighted by Gasteiger charge is 2.33. The third-order valence-corrected chi connectivity index (χ3v) is 5.55. The zero-order chi connectivity index (χ0) is 21.1. The number of benzene rings is 3. The molecule has 0 unspecified atom stereocenters. The summed E-state index contributed by atoms with van der Waals surface area (Å²) in [6.45, 7) is 2.64. The standard InChI is InChI=1S/C25H26N2O3/c1-17-9-11-20(12-10-17)26-25(28)27-14-13-19-15-22(29-2)23(30-3)16-21(19)24(27)18-7-5-4-6-8-18/h4-12,15-16,24H,13-14H2,1-3H3,(H,26,28)/t24-/m0/s1. The van der Waals surface area contributed by atoms with E-state index in [0.29, 0.717) is 18.0 Å². The van der Waals surface area contributed by atoms with E-state index in [-0.39, 0.29) is 12.1 Å². The van der Waals surface area contributed by atoms with E-state index in [1.54, 1.807) is 14.2 Å². The van der Waals surface area contributed by atoms with Gasteiger partial charge in [-0.3, -0.25) is 0 Å².